The molecule has 1 N–H and O–H groups in total. The summed E-state index contributed by atoms with van der Waals surface area (Å²) in [7, 11) is 0. The predicted octanol–water partition coefficient (Wildman–Crippen LogP) is 4.35. The van der Waals surface area contributed by atoms with Gasteiger partial charge in [0, 0.05) is 22.2 Å². The van der Waals surface area contributed by atoms with Crippen molar-refractivity contribution >= 4 is 51.4 Å². The highest BCUT2D eigenvalue weighted by Crippen LogP contribution is 2.15. The van der Waals surface area contributed by atoms with Crippen LogP contribution in [0.1, 0.15) is 15.9 Å². The Balaban J connectivity index is 1.96. The number of allylic oxidation sites excluding steroid dienone is 1. The van der Waals surface area contributed by atoms with Crippen molar-refractivity contribution in [3.8, 4) is 0 Å². The van der Waals surface area contributed by atoms with Gasteiger partial charge in [-0.3, -0.25) is 14.9 Å². The lowest BCUT2D eigenvalue weighted by molar-refractivity contribution is -0.384. The minimum atomic E-state index is -0.478. The number of rotatable bonds is 5. The second kappa shape index (κ2) is 8.37. The normalized spacial score (nSPS) is 11.5. The van der Waals surface area contributed by atoms with Gasteiger partial charge < -0.3 is 0 Å². The zero-order valence-electron chi connectivity index (χ0n) is 12.1. The average Bonchev–Trinajstić information content (AvgIpc) is 2.55. The van der Waals surface area contributed by atoms with Gasteiger partial charge in [0.05, 0.1) is 16.2 Å². The Kier molecular flexibility index (Phi) is 6.22. The number of halogens is 2. The zero-order valence-corrected chi connectivity index (χ0v) is 14.5. The Morgan fingerprint density at radius 2 is 1.79 bits per heavy atom. The van der Waals surface area contributed by atoms with E-state index in [4.69, 9.17) is 11.6 Å². The van der Waals surface area contributed by atoms with Crippen LogP contribution in [-0.2, 0) is 0 Å². The Labute approximate surface area is 151 Å². The number of nitro benzene ring substituents is 1. The zero-order chi connectivity index (χ0) is 17.5. The SMILES string of the molecule is O=C(N/N=C\C(Cl)=C/c1ccc([N+](=O)[O-])cc1)c1ccc(Br)cc1. The molecule has 6 nitrogen and oxygen atoms in total. The highest BCUT2D eigenvalue weighted by atomic mass is 79.9. The molecule has 0 radical (unpaired) electrons. The maximum absolute atomic E-state index is 11.8. The smallest absolute Gasteiger partial charge is 0.267 e. The summed E-state index contributed by atoms with van der Waals surface area (Å²) in [5, 5.41) is 14.6. The number of carbonyl (C=O) groups is 1. The molecule has 1 amide bonds. The third-order valence-electron chi connectivity index (χ3n) is 2.87. The second-order valence-corrected chi connectivity index (χ2v) is 5.94. The summed E-state index contributed by atoms with van der Waals surface area (Å²) < 4.78 is 0.872. The Morgan fingerprint density at radius 3 is 2.38 bits per heavy atom. The van der Waals surface area contributed by atoms with Crippen LogP contribution >= 0.6 is 27.5 Å². The quantitative estimate of drug-likeness (QED) is 0.453. The van der Waals surface area contributed by atoms with Crippen molar-refractivity contribution < 1.29 is 9.72 Å². The molecule has 8 heteroatoms. The van der Waals surface area contributed by atoms with Crippen LogP contribution in [0.25, 0.3) is 6.08 Å². The lowest BCUT2D eigenvalue weighted by Crippen LogP contribution is -2.17. The molecule has 24 heavy (non-hydrogen) atoms. The monoisotopic (exact) mass is 407 g/mol. The molecule has 0 aliphatic heterocycles. The fourth-order valence-electron chi connectivity index (χ4n) is 1.71. The van der Waals surface area contributed by atoms with E-state index in [1.165, 1.54) is 18.3 Å². The number of nitrogens with one attached hydrogen (secondary N) is 1. The lowest BCUT2D eigenvalue weighted by atomic mass is 10.2. The van der Waals surface area contributed by atoms with Crippen molar-refractivity contribution in [3.05, 3.63) is 79.3 Å². The van der Waals surface area contributed by atoms with Gasteiger partial charge in [-0.1, -0.05) is 27.5 Å². The van der Waals surface area contributed by atoms with E-state index < -0.39 is 4.92 Å². The largest absolute Gasteiger partial charge is 0.271 e. The number of benzene rings is 2. The summed E-state index contributed by atoms with van der Waals surface area (Å²) in [4.78, 5) is 21.9. The van der Waals surface area contributed by atoms with E-state index in [9.17, 15) is 14.9 Å². The highest BCUT2D eigenvalue weighted by molar-refractivity contribution is 9.10. The van der Waals surface area contributed by atoms with Gasteiger partial charge >= 0.3 is 0 Å². The first-order valence-electron chi connectivity index (χ1n) is 6.66. The molecule has 2 aromatic carbocycles. The second-order valence-electron chi connectivity index (χ2n) is 4.58. The standard InChI is InChI=1S/C16H11BrClN3O3/c17-13-5-3-12(4-6-13)16(22)20-19-10-14(18)9-11-1-7-15(8-2-11)21(23)24/h1-10H,(H,20,22)/b14-9+,19-10-. The molecule has 0 fully saturated rings. The molecule has 0 heterocycles. The Hall–Kier alpha value is -2.51. The molecule has 0 unspecified atom stereocenters. The molecule has 0 aromatic heterocycles. The van der Waals surface area contributed by atoms with Crippen molar-refractivity contribution in [3.63, 3.8) is 0 Å². The molecule has 0 aliphatic carbocycles. The highest BCUT2D eigenvalue weighted by Gasteiger charge is 2.04. The van der Waals surface area contributed by atoms with Gasteiger partial charge in [-0.05, 0) is 48.0 Å². The van der Waals surface area contributed by atoms with E-state index in [-0.39, 0.29) is 16.6 Å². The first-order chi connectivity index (χ1) is 11.5. The summed E-state index contributed by atoms with van der Waals surface area (Å²) in [5.74, 6) is -0.362. The van der Waals surface area contributed by atoms with Crippen molar-refractivity contribution in [1.82, 2.24) is 5.43 Å². The molecule has 2 aromatic rings. The molecule has 2 rings (SSSR count). The summed E-state index contributed by atoms with van der Waals surface area (Å²) in [6.07, 6.45) is 2.85. The maximum atomic E-state index is 11.8. The summed E-state index contributed by atoms with van der Waals surface area (Å²) in [5.41, 5.74) is 3.50. The van der Waals surface area contributed by atoms with E-state index in [2.05, 4.69) is 26.5 Å². The van der Waals surface area contributed by atoms with Crippen molar-refractivity contribution in [2.45, 2.75) is 0 Å². The third-order valence-corrected chi connectivity index (χ3v) is 3.60. The van der Waals surface area contributed by atoms with E-state index in [1.807, 2.05) is 0 Å². The van der Waals surface area contributed by atoms with Crippen LogP contribution in [-0.4, -0.2) is 17.0 Å². The van der Waals surface area contributed by atoms with Crippen LogP contribution in [0.3, 0.4) is 0 Å². The van der Waals surface area contributed by atoms with Crippen LogP contribution < -0.4 is 5.43 Å². The number of carbonyl (C=O) groups excluding carboxylic acids is 1. The number of hydrogen-bond donors (Lipinski definition) is 1. The van der Waals surface area contributed by atoms with Crippen LogP contribution in [0, 0.1) is 10.1 Å². The molecule has 0 saturated heterocycles. The van der Waals surface area contributed by atoms with Crippen LogP contribution in [0.4, 0.5) is 5.69 Å². The Morgan fingerprint density at radius 1 is 1.17 bits per heavy atom. The van der Waals surface area contributed by atoms with E-state index in [0.29, 0.717) is 11.1 Å². The fourth-order valence-corrected chi connectivity index (χ4v) is 2.15. The molecule has 0 atom stereocenters. The third kappa shape index (κ3) is 5.29. The number of amides is 1. The van der Waals surface area contributed by atoms with Crippen LogP contribution in [0.5, 0.6) is 0 Å². The van der Waals surface area contributed by atoms with E-state index in [0.717, 1.165) is 4.47 Å². The summed E-state index contributed by atoms with van der Waals surface area (Å²) in [6, 6.07) is 12.7. The van der Waals surface area contributed by atoms with Gasteiger partial charge in [0.2, 0.25) is 0 Å². The minimum absolute atomic E-state index is 0.00120. The van der Waals surface area contributed by atoms with Gasteiger partial charge in [-0.25, -0.2) is 5.43 Å². The van der Waals surface area contributed by atoms with Crippen LogP contribution in [0.15, 0.2) is 63.1 Å². The van der Waals surface area contributed by atoms with Crippen molar-refractivity contribution in [2.75, 3.05) is 0 Å². The van der Waals surface area contributed by atoms with E-state index >= 15 is 0 Å². The topological polar surface area (TPSA) is 84.6 Å². The van der Waals surface area contributed by atoms with Crippen LogP contribution in [0.2, 0.25) is 0 Å². The predicted molar refractivity (Wildman–Crippen MR) is 97.0 cm³/mol. The first kappa shape index (κ1) is 17.8. The average molecular weight is 409 g/mol. The molecule has 0 bridgehead atoms. The molecule has 0 aliphatic rings. The lowest BCUT2D eigenvalue weighted by Gasteiger charge is -1.99. The molecular formula is C16H11BrClN3O3. The van der Waals surface area contributed by atoms with Crippen molar-refractivity contribution in [2.24, 2.45) is 5.10 Å². The van der Waals surface area contributed by atoms with Gasteiger partial charge in [-0.15, -0.1) is 0 Å². The van der Waals surface area contributed by atoms with Gasteiger partial charge in [0.1, 0.15) is 0 Å². The number of nitro groups is 1. The number of non-ortho nitro benzene ring substituents is 1. The van der Waals surface area contributed by atoms with Gasteiger partial charge in [0.15, 0.2) is 0 Å². The van der Waals surface area contributed by atoms with Crippen molar-refractivity contribution in [1.29, 1.82) is 0 Å². The number of hydrogen-bond acceptors (Lipinski definition) is 4. The number of nitrogens with zero attached hydrogens (tertiary/aromatic N) is 2. The Bertz CT molecular complexity index is 802. The molecule has 122 valence electrons. The maximum Gasteiger partial charge on any atom is 0.271 e. The molecular weight excluding hydrogens is 398 g/mol. The van der Waals surface area contributed by atoms with Gasteiger partial charge in [0.25, 0.3) is 11.6 Å². The molecule has 0 saturated carbocycles. The van der Waals surface area contributed by atoms with Gasteiger partial charge in [-0.2, -0.15) is 5.10 Å². The number of hydrazone groups is 1. The minimum Gasteiger partial charge on any atom is -0.267 e. The summed E-state index contributed by atoms with van der Waals surface area (Å²) in [6.45, 7) is 0. The first-order valence-corrected chi connectivity index (χ1v) is 7.83. The van der Waals surface area contributed by atoms with E-state index in [1.54, 1.807) is 42.5 Å². The summed E-state index contributed by atoms with van der Waals surface area (Å²) >= 11 is 9.27. The fraction of sp³-hybridized carbons (Fsp3) is 0. The molecule has 0 spiro atoms.